The van der Waals surface area contributed by atoms with E-state index in [1.54, 1.807) is 7.11 Å². The van der Waals surface area contributed by atoms with E-state index < -0.39 is 5.97 Å². The van der Waals surface area contributed by atoms with Crippen LogP contribution in [0, 0.1) is 5.92 Å². The molecule has 0 spiro atoms. The summed E-state index contributed by atoms with van der Waals surface area (Å²) in [5.74, 6) is -0.609. The average Bonchev–Trinajstić information content (AvgIpc) is 2.53. The number of hydrogen-bond acceptors (Lipinski definition) is 4. The first-order chi connectivity index (χ1) is 10.1. The maximum absolute atomic E-state index is 11.8. The van der Waals surface area contributed by atoms with Crippen molar-refractivity contribution in [2.45, 2.75) is 13.0 Å². The lowest BCUT2D eigenvalue weighted by Crippen LogP contribution is -2.24. The van der Waals surface area contributed by atoms with E-state index in [-0.39, 0.29) is 12.0 Å². The number of hydrogen-bond donors (Lipinski definition) is 0. The normalized spacial score (nSPS) is 14.8. The van der Waals surface area contributed by atoms with Crippen LogP contribution in [0.2, 0.25) is 0 Å². The van der Waals surface area contributed by atoms with Crippen LogP contribution in [-0.4, -0.2) is 33.4 Å². The molecular formula is C17H22O4. The van der Waals surface area contributed by atoms with Crippen molar-refractivity contribution in [2.24, 2.45) is 5.92 Å². The van der Waals surface area contributed by atoms with Crippen LogP contribution >= 0.6 is 0 Å². The van der Waals surface area contributed by atoms with E-state index in [2.05, 4.69) is 0 Å². The van der Waals surface area contributed by atoms with Crippen molar-refractivity contribution >= 4 is 12.0 Å². The zero-order chi connectivity index (χ0) is 15.7. The second kappa shape index (κ2) is 8.97. The number of ether oxygens (including phenoxy) is 3. The summed E-state index contributed by atoms with van der Waals surface area (Å²) >= 11 is 0. The van der Waals surface area contributed by atoms with Gasteiger partial charge >= 0.3 is 5.97 Å². The first-order valence-electron chi connectivity index (χ1n) is 6.71. The molecule has 0 aliphatic rings. The molecule has 0 aliphatic heterocycles. The molecule has 0 saturated carbocycles. The maximum Gasteiger partial charge on any atom is 0.337 e. The fourth-order valence-electron chi connectivity index (χ4n) is 1.98. The molecule has 1 rings (SSSR count). The third kappa shape index (κ3) is 5.08. The molecular weight excluding hydrogens is 268 g/mol. The monoisotopic (exact) mass is 290 g/mol. The Morgan fingerprint density at radius 2 is 1.81 bits per heavy atom. The summed E-state index contributed by atoms with van der Waals surface area (Å²) in [6.07, 6.45) is 5.03. The minimum atomic E-state index is -0.417. The molecule has 4 nitrogen and oxygen atoms in total. The number of methoxy groups -OCH3 is 3. The molecule has 2 atom stereocenters. The lowest BCUT2D eigenvalue weighted by Gasteiger charge is -2.20. The van der Waals surface area contributed by atoms with E-state index in [1.807, 2.05) is 49.4 Å². The summed E-state index contributed by atoms with van der Waals surface area (Å²) in [5, 5.41) is 0. The van der Waals surface area contributed by atoms with Gasteiger partial charge in [0.05, 0.1) is 32.2 Å². The van der Waals surface area contributed by atoms with Gasteiger partial charge in [-0.25, -0.2) is 4.79 Å². The second-order valence-electron chi connectivity index (χ2n) is 4.56. The highest BCUT2D eigenvalue weighted by Crippen LogP contribution is 2.20. The molecule has 0 N–H and O–H groups in total. The molecule has 0 amide bonds. The van der Waals surface area contributed by atoms with Crippen LogP contribution in [-0.2, 0) is 19.0 Å². The van der Waals surface area contributed by atoms with Gasteiger partial charge in [0.2, 0.25) is 0 Å². The fourth-order valence-corrected chi connectivity index (χ4v) is 1.98. The van der Waals surface area contributed by atoms with Crippen LogP contribution in [0.1, 0.15) is 12.5 Å². The molecule has 0 heterocycles. The summed E-state index contributed by atoms with van der Waals surface area (Å²) in [6.45, 7) is 1.89. The molecule has 0 aromatic heterocycles. The molecule has 4 heteroatoms. The number of rotatable bonds is 7. The molecule has 1 aromatic carbocycles. The van der Waals surface area contributed by atoms with Gasteiger partial charge in [-0.1, -0.05) is 49.4 Å². The fraction of sp³-hybridized carbons (Fsp3) is 0.353. The third-order valence-electron chi connectivity index (χ3n) is 3.20. The summed E-state index contributed by atoms with van der Waals surface area (Å²) in [7, 11) is 4.45. The molecule has 0 saturated heterocycles. The molecule has 0 fully saturated rings. The zero-order valence-electron chi connectivity index (χ0n) is 12.9. The standard InChI is InChI=1S/C17H22O4/c1-13(15(12-19-2)17(18)21-4)16(20-3)11-10-14-8-6-5-7-9-14/h5-13,16H,1-4H3/t13-,16-/m0/s1. The van der Waals surface area contributed by atoms with Crippen LogP contribution in [0.15, 0.2) is 48.2 Å². The van der Waals surface area contributed by atoms with E-state index in [4.69, 9.17) is 14.2 Å². The summed E-state index contributed by atoms with van der Waals surface area (Å²) in [6, 6.07) is 9.90. The van der Waals surface area contributed by atoms with Crippen molar-refractivity contribution in [3.05, 3.63) is 53.8 Å². The Bertz CT molecular complexity index is 491. The topological polar surface area (TPSA) is 44.8 Å². The average molecular weight is 290 g/mol. The SMILES string of the molecule is COC=C(C(=O)OC)[C@H](C)[C@H](C=Cc1ccccc1)OC. The van der Waals surface area contributed by atoms with Crippen molar-refractivity contribution in [3.63, 3.8) is 0 Å². The molecule has 114 valence electrons. The Morgan fingerprint density at radius 3 is 2.33 bits per heavy atom. The smallest absolute Gasteiger partial charge is 0.337 e. The van der Waals surface area contributed by atoms with Crippen LogP contribution in [0.5, 0.6) is 0 Å². The molecule has 0 unspecified atom stereocenters. The molecule has 1 aromatic rings. The predicted molar refractivity (Wildman–Crippen MR) is 82.5 cm³/mol. The van der Waals surface area contributed by atoms with E-state index >= 15 is 0 Å². The van der Waals surface area contributed by atoms with Crippen LogP contribution in [0.25, 0.3) is 6.08 Å². The van der Waals surface area contributed by atoms with Crippen LogP contribution in [0.4, 0.5) is 0 Å². The number of carbonyl (C=O) groups excluding carboxylic acids is 1. The third-order valence-corrected chi connectivity index (χ3v) is 3.20. The van der Waals surface area contributed by atoms with Crippen LogP contribution in [0.3, 0.4) is 0 Å². The maximum atomic E-state index is 11.8. The van der Waals surface area contributed by atoms with Gasteiger partial charge in [0.1, 0.15) is 0 Å². The van der Waals surface area contributed by atoms with Crippen molar-refractivity contribution in [2.75, 3.05) is 21.3 Å². The van der Waals surface area contributed by atoms with Gasteiger partial charge in [-0.05, 0) is 5.56 Å². The summed E-state index contributed by atoms with van der Waals surface area (Å²) in [4.78, 5) is 11.8. The van der Waals surface area contributed by atoms with Crippen molar-refractivity contribution < 1.29 is 19.0 Å². The number of esters is 1. The predicted octanol–water partition coefficient (Wildman–Crippen LogP) is 3.05. The Labute approximate surface area is 126 Å². The van der Waals surface area contributed by atoms with Gasteiger partial charge in [0, 0.05) is 13.0 Å². The van der Waals surface area contributed by atoms with Crippen LogP contribution < -0.4 is 0 Å². The minimum Gasteiger partial charge on any atom is -0.504 e. The first kappa shape index (κ1) is 17.0. The van der Waals surface area contributed by atoms with Gasteiger partial charge in [-0.3, -0.25) is 0 Å². The van der Waals surface area contributed by atoms with Gasteiger partial charge in [0.25, 0.3) is 0 Å². The first-order valence-corrected chi connectivity index (χ1v) is 6.71. The van der Waals surface area contributed by atoms with E-state index in [0.29, 0.717) is 5.57 Å². The lowest BCUT2D eigenvalue weighted by atomic mass is 9.95. The second-order valence-corrected chi connectivity index (χ2v) is 4.56. The van der Waals surface area contributed by atoms with Crippen molar-refractivity contribution in [1.29, 1.82) is 0 Å². The van der Waals surface area contributed by atoms with Gasteiger partial charge in [-0.2, -0.15) is 0 Å². The number of benzene rings is 1. The minimum absolute atomic E-state index is 0.192. The van der Waals surface area contributed by atoms with Gasteiger partial charge in [0.15, 0.2) is 0 Å². The van der Waals surface area contributed by atoms with Crippen molar-refractivity contribution in [3.8, 4) is 0 Å². The van der Waals surface area contributed by atoms with Gasteiger partial charge < -0.3 is 14.2 Å². The van der Waals surface area contributed by atoms with Gasteiger partial charge in [-0.15, -0.1) is 0 Å². The summed E-state index contributed by atoms with van der Waals surface area (Å²) < 4.78 is 15.2. The van der Waals surface area contributed by atoms with E-state index in [9.17, 15) is 4.79 Å². The zero-order valence-corrected chi connectivity index (χ0v) is 12.9. The Balaban J connectivity index is 2.89. The Hall–Kier alpha value is -2.07. The molecule has 0 bridgehead atoms. The lowest BCUT2D eigenvalue weighted by molar-refractivity contribution is -0.137. The quantitative estimate of drug-likeness (QED) is 0.440. The van der Waals surface area contributed by atoms with Crippen molar-refractivity contribution in [1.82, 2.24) is 0 Å². The Morgan fingerprint density at radius 1 is 1.14 bits per heavy atom. The molecule has 21 heavy (non-hydrogen) atoms. The molecule has 0 radical (unpaired) electrons. The molecule has 0 aliphatic carbocycles. The highest BCUT2D eigenvalue weighted by Gasteiger charge is 2.24. The van der Waals surface area contributed by atoms with E-state index in [0.717, 1.165) is 5.56 Å². The Kier molecular flexibility index (Phi) is 7.26. The summed E-state index contributed by atoms with van der Waals surface area (Å²) in [5.41, 5.74) is 1.51. The number of carbonyl (C=O) groups is 1. The van der Waals surface area contributed by atoms with E-state index in [1.165, 1.54) is 20.5 Å². The highest BCUT2D eigenvalue weighted by molar-refractivity contribution is 5.88. The largest absolute Gasteiger partial charge is 0.504 e. The highest BCUT2D eigenvalue weighted by atomic mass is 16.5.